The number of nitro benzene ring substituents is 1. The standard InChI is InChI=1S/C11H12N4O2S/c1-8(7-13-14-11(12)18)6-9-2-4-10(5-3-9)15(16)17/h2-7H,1H3,(H3,12,14,18)/b8-6-,13-7-. The molecule has 0 bridgehead atoms. The lowest BCUT2D eigenvalue weighted by Gasteiger charge is -1.96. The minimum Gasteiger partial charge on any atom is -0.375 e. The van der Waals surface area contributed by atoms with Crippen LogP contribution in [0.4, 0.5) is 5.69 Å². The summed E-state index contributed by atoms with van der Waals surface area (Å²) in [6, 6.07) is 6.22. The Morgan fingerprint density at radius 3 is 2.61 bits per heavy atom. The molecule has 0 heterocycles. The molecule has 0 saturated heterocycles. The topological polar surface area (TPSA) is 93.5 Å². The van der Waals surface area contributed by atoms with Crippen LogP contribution in [0.5, 0.6) is 0 Å². The van der Waals surface area contributed by atoms with Gasteiger partial charge in [-0.05, 0) is 42.4 Å². The van der Waals surface area contributed by atoms with Gasteiger partial charge >= 0.3 is 0 Å². The van der Waals surface area contributed by atoms with Crippen LogP contribution in [0.2, 0.25) is 0 Å². The number of hydrazone groups is 1. The molecule has 1 aromatic rings. The Bertz CT molecular complexity index is 508. The van der Waals surface area contributed by atoms with Gasteiger partial charge in [0.15, 0.2) is 5.11 Å². The van der Waals surface area contributed by atoms with E-state index in [0.717, 1.165) is 11.1 Å². The fraction of sp³-hybridized carbons (Fsp3) is 0.0909. The first-order valence-corrected chi connectivity index (χ1v) is 5.41. The van der Waals surface area contributed by atoms with Gasteiger partial charge in [-0.1, -0.05) is 6.08 Å². The van der Waals surface area contributed by atoms with Gasteiger partial charge in [0.2, 0.25) is 0 Å². The van der Waals surface area contributed by atoms with E-state index in [4.69, 9.17) is 5.73 Å². The van der Waals surface area contributed by atoms with E-state index in [-0.39, 0.29) is 10.8 Å². The number of rotatable bonds is 4. The van der Waals surface area contributed by atoms with E-state index in [0.29, 0.717) is 0 Å². The molecule has 3 N–H and O–H groups in total. The van der Waals surface area contributed by atoms with Gasteiger partial charge in [0.1, 0.15) is 0 Å². The lowest BCUT2D eigenvalue weighted by molar-refractivity contribution is -0.384. The molecule has 18 heavy (non-hydrogen) atoms. The van der Waals surface area contributed by atoms with Crippen LogP contribution >= 0.6 is 12.2 Å². The summed E-state index contributed by atoms with van der Waals surface area (Å²) in [5.41, 5.74) is 9.40. The number of non-ortho nitro benzene ring substituents is 1. The summed E-state index contributed by atoms with van der Waals surface area (Å²) in [7, 11) is 0. The molecule has 94 valence electrons. The van der Waals surface area contributed by atoms with Crippen LogP contribution in [0.15, 0.2) is 34.9 Å². The van der Waals surface area contributed by atoms with Gasteiger partial charge in [-0.3, -0.25) is 15.5 Å². The van der Waals surface area contributed by atoms with Crippen LogP contribution < -0.4 is 11.2 Å². The van der Waals surface area contributed by atoms with Gasteiger partial charge in [0.25, 0.3) is 5.69 Å². The number of nitro groups is 1. The Kier molecular flexibility index (Phi) is 4.94. The SMILES string of the molecule is CC(/C=N\NC(N)=S)=C/c1ccc([N+](=O)[O-])cc1. The first kappa shape index (κ1) is 13.8. The van der Waals surface area contributed by atoms with Crippen LogP contribution in [0.3, 0.4) is 0 Å². The fourth-order valence-electron chi connectivity index (χ4n) is 1.19. The van der Waals surface area contributed by atoms with Crippen molar-refractivity contribution >= 4 is 35.3 Å². The second kappa shape index (κ2) is 6.45. The summed E-state index contributed by atoms with van der Waals surface area (Å²) in [6.07, 6.45) is 3.38. The van der Waals surface area contributed by atoms with Crippen molar-refractivity contribution in [3.05, 3.63) is 45.5 Å². The van der Waals surface area contributed by atoms with Gasteiger partial charge in [-0.2, -0.15) is 5.10 Å². The predicted octanol–water partition coefficient (Wildman–Crippen LogP) is 1.82. The molecule has 0 radical (unpaired) electrons. The Morgan fingerprint density at radius 2 is 2.11 bits per heavy atom. The summed E-state index contributed by atoms with van der Waals surface area (Å²) >= 11 is 4.59. The summed E-state index contributed by atoms with van der Waals surface area (Å²) in [4.78, 5) is 10.0. The maximum absolute atomic E-state index is 10.5. The maximum Gasteiger partial charge on any atom is 0.269 e. The zero-order valence-corrected chi connectivity index (χ0v) is 10.5. The molecule has 1 aromatic carbocycles. The average Bonchev–Trinajstić information content (AvgIpc) is 2.29. The number of thiocarbonyl (C=S) groups is 1. The largest absolute Gasteiger partial charge is 0.375 e. The second-order valence-electron chi connectivity index (χ2n) is 3.47. The lowest BCUT2D eigenvalue weighted by atomic mass is 10.1. The van der Waals surface area contributed by atoms with Crippen molar-refractivity contribution in [2.75, 3.05) is 0 Å². The summed E-state index contributed by atoms with van der Waals surface area (Å²) in [6.45, 7) is 1.84. The van der Waals surface area contributed by atoms with Crippen molar-refractivity contribution in [1.82, 2.24) is 5.43 Å². The molecular weight excluding hydrogens is 252 g/mol. The second-order valence-corrected chi connectivity index (χ2v) is 3.91. The van der Waals surface area contributed by atoms with Gasteiger partial charge < -0.3 is 5.73 Å². The molecule has 0 aromatic heterocycles. The molecule has 0 aliphatic carbocycles. The third-order valence-electron chi connectivity index (χ3n) is 1.94. The third kappa shape index (κ3) is 4.71. The Labute approximate surface area is 109 Å². The molecule has 0 amide bonds. The number of nitrogens with two attached hydrogens (primary N) is 1. The molecule has 7 heteroatoms. The Balaban J connectivity index is 2.73. The van der Waals surface area contributed by atoms with Crippen LogP contribution in [0.1, 0.15) is 12.5 Å². The number of nitrogens with zero attached hydrogens (tertiary/aromatic N) is 2. The van der Waals surface area contributed by atoms with E-state index in [9.17, 15) is 10.1 Å². The molecule has 0 spiro atoms. The molecule has 0 saturated carbocycles. The van der Waals surface area contributed by atoms with E-state index in [2.05, 4.69) is 22.7 Å². The zero-order valence-electron chi connectivity index (χ0n) is 9.66. The highest BCUT2D eigenvalue weighted by Crippen LogP contribution is 2.13. The zero-order chi connectivity index (χ0) is 13.5. The van der Waals surface area contributed by atoms with Crippen molar-refractivity contribution < 1.29 is 4.92 Å². The highest BCUT2D eigenvalue weighted by molar-refractivity contribution is 7.80. The highest BCUT2D eigenvalue weighted by Gasteiger charge is 2.02. The number of hydrogen-bond acceptors (Lipinski definition) is 4. The van der Waals surface area contributed by atoms with Crippen molar-refractivity contribution in [1.29, 1.82) is 0 Å². The Morgan fingerprint density at radius 1 is 1.50 bits per heavy atom. The molecule has 0 fully saturated rings. The average molecular weight is 264 g/mol. The normalized spacial score (nSPS) is 11.5. The van der Waals surface area contributed by atoms with E-state index in [1.807, 2.05) is 13.0 Å². The number of nitrogens with one attached hydrogen (secondary N) is 1. The molecule has 1 rings (SSSR count). The third-order valence-corrected chi connectivity index (χ3v) is 2.03. The van der Waals surface area contributed by atoms with Crippen LogP contribution in [-0.4, -0.2) is 16.3 Å². The van der Waals surface area contributed by atoms with Crippen molar-refractivity contribution in [3.8, 4) is 0 Å². The smallest absolute Gasteiger partial charge is 0.269 e. The van der Waals surface area contributed by atoms with Crippen LogP contribution in [-0.2, 0) is 0 Å². The van der Waals surface area contributed by atoms with Crippen LogP contribution in [0, 0.1) is 10.1 Å². The summed E-state index contributed by atoms with van der Waals surface area (Å²) < 4.78 is 0. The number of allylic oxidation sites excluding steroid dienone is 1. The van der Waals surface area contributed by atoms with Crippen molar-refractivity contribution in [3.63, 3.8) is 0 Å². The number of benzene rings is 1. The van der Waals surface area contributed by atoms with Gasteiger partial charge in [0.05, 0.1) is 11.1 Å². The predicted molar refractivity (Wildman–Crippen MR) is 75.2 cm³/mol. The minimum atomic E-state index is -0.437. The molecule has 0 atom stereocenters. The quantitative estimate of drug-likeness (QED) is 0.374. The lowest BCUT2D eigenvalue weighted by Crippen LogP contribution is -2.23. The van der Waals surface area contributed by atoms with Crippen LogP contribution in [0.25, 0.3) is 6.08 Å². The van der Waals surface area contributed by atoms with E-state index >= 15 is 0 Å². The molecule has 0 unspecified atom stereocenters. The molecule has 0 aliphatic heterocycles. The van der Waals surface area contributed by atoms with E-state index in [1.165, 1.54) is 12.1 Å². The highest BCUT2D eigenvalue weighted by atomic mass is 32.1. The van der Waals surface area contributed by atoms with Crippen molar-refractivity contribution in [2.45, 2.75) is 6.92 Å². The molecule has 6 nitrogen and oxygen atoms in total. The fourth-order valence-corrected chi connectivity index (χ4v) is 1.24. The van der Waals surface area contributed by atoms with E-state index < -0.39 is 4.92 Å². The van der Waals surface area contributed by atoms with Gasteiger partial charge in [0, 0.05) is 12.1 Å². The monoisotopic (exact) mass is 264 g/mol. The maximum atomic E-state index is 10.5. The Hall–Kier alpha value is -2.28. The molecular formula is C11H12N4O2S. The molecule has 0 aliphatic rings. The van der Waals surface area contributed by atoms with E-state index in [1.54, 1.807) is 18.3 Å². The summed E-state index contributed by atoms with van der Waals surface area (Å²) in [5, 5.41) is 14.4. The van der Waals surface area contributed by atoms with Gasteiger partial charge in [-0.25, -0.2) is 0 Å². The summed E-state index contributed by atoms with van der Waals surface area (Å²) in [5.74, 6) is 0. The first-order chi connectivity index (χ1) is 8.49. The number of hydrogen-bond donors (Lipinski definition) is 2. The van der Waals surface area contributed by atoms with Gasteiger partial charge in [-0.15, -0.1) is 0 Å². The minimum absolute atomic E-state index is 0.0635. The van der Waals surface area contributed by atoms with Crippen molar-refractivity contribution in [2.24, 2.45) is 10.8 Å². The first-order valence-electron chi connectivity index (χ1n) is 5.00.